The zero-order valence-corrected chi connectivity index (χ0v) is 14.2. The first kappa shape index (κ1) is 16.0. The highest BCUT2D eigenvalue weighted by atomic mass is 16.3. The van der Waals surface area contributed by atoms with E-state index in [9.17, 15) is 9.90 Å². The minimum absolute atomic E-state index is 0.101. The minimum Gasteiger partial charge on any atom is -0.387 e. The average Bonchev–Trinajstić information content (AvgIpc) is 2.98. The number of fused-ring (bicyclic) bond motifs is 1. The normalized spacial score (nSPS) is 21.6. The van der Waals surface area contributed by atoms with Gasteiger partial charge in [-0.25, -0.2) is 0 Å². The molecule has 0 spiro atoms. The molecule has 1 aliphatic heterocycles. The van der Waals surface area contributed by atoms with Crippen molar-refractivity contribution in [2.75, 3.05) is 33.7 Å². The van der Waals surface area contributed by atoms with Gasteiger partial charge in [0.1, 0.15) is 0 Å². The minimum atomic E-state index is -0.834. The van der Waals surface area contributed by atoms with Crippen molar-refractivity contribution < 1.29 is 9.90 Å². The Morgan fingerprint density at radius 2 is 2.17 bits per heavy atom. The van der Waals surface area contributed by atoms with Gasteiger partial charge in [-0.05, 0) is 39.6 Å². The van der Waals surface area contributed by atoms with Crippen LogP contribution in [0.1, 0.15) is 22.5 Å². The van der Waals surface area contributed by atoms with Crippen molar-refractivity contribution in [2.24, 2.45) is 7.05 Å². The molecular formula is C17H24N4O2. The number of carbonyl (C=O) groups excluding carboxylic acids is 1. The van der Waals surface area contributed by atoms with Gasteiger partial charge in [-0.3, -0.25) is 9.48 Å². The van der Waals surface area contributed by atoms with Gasteiger partial charge in [0, 0.05) is 25.5 Å². The quantitative estimate of drug-likeness (QED) is 0.918. The van der Waals surface area contributed by atoms with E-state index in [2.05, 4.69) is 5.10 Å². The van der Waals surface area contributed by atoms with Gasteiger partial charge in [-0.1, -0.05) is 11.6 Å². The van der Waals surface area contributed by atoms with Crippen LogP contribution in [0, 0.1) is 6.92 Å². The molecule has 2 heterocycles. The van der Waals surface area contributed by atoms with Gasteiger partial charge in [0.05, 0.1) is 17.7 Å². The number of hydrogen-bond donors (Lipinski definition) is 1. The second kappa shape index (κ2) is 5.62. The number of carbonyl (C=O) groups is 1. The molecule has 1 aromatic heterocycles. The van der Waals surface area contributed by atoms with Crippen LogP contribution >= 0.6 is 0 Å². The number of rotatable bonds is 3. The van der Waals surface area contributed by atoms with Crippen molar-refractivity contribution in [2.45, 2.75) is 18.9 Å². The summed E-state index contributed by atoms with van der Waals surface area (Å²) in [6.07, 6.45) is 0.598. The Labute approximate surface area is 136 Å². The highest BCUT2D eigenvalue weighted by molar-refractivity contribution is 6.05. The SMILES string of the molecule is Cc1ccc2c(c1)c(C(=O)N1CC[C@@](O)(CN(C)C)C1)nn2C. The van der Waals surface area contributed by atoms with E-state index in [0.717, 1.165) is 16.5 Å². The first-order valence-electron chi connectivity index (χ1n) is 7.89. The first-order chi connectivity index (χ1) is 10.8. The maximum Gasteiger partial charge on any atom is 0.275 e. The number of aliphatic hydroxyl groups is 1. The van der Waals surface area contributed by atoms with E-state index in [1.807, 2.05) is 51.2 Å². The lowest BCUT2D eigenvalue weighted by Gasteiger charge is -2.26. The Bertz CT molecular complexity index is 752. The second-order valence-corrected chi connectivity index (χ2v) is 6.93. The fraction of sp³-hybridized carbons (Fsp3) is 0.529. The van der Waals surface area contributed by atoms with Crippen molar-refractivity contribution in [3.63, 3.8) is 0 Å². The van der Waals surface area contributed by atoms with Gasteiger partial charge in [0.2, 0.25) is 0 Å². The molecule has 124 valence electrons. The van der Waals surface area contributed by atoms with Crippen LogP contribution in [0.4, 0.5) is 0 Å². The summed E-state index contributed by atoms with van der Waals surface area (Å²) in [6.45, 7) is 3.48. The lowest BCUT2D eigenvalue weighted by Crippen LogP contribution is -2.43. The van der Waals surface area contributed by atoms with E-state index >= 15 is 0 Å². The van der Waals surface area contributed by atoms with Crippen molar-refractivity contribution in [1.29, 1.82) is 0 Å². The summed E-state index contributed by atoms with van der Waals surface area (Å²) < 4.78 is 1.74. The smallest absolute Gasteiger partial charge is 0.275 e. The Balaban J connectivity index is 1.89. The molecule has 0 saturated carbocycles. The molecular weight excluding hydrogens is 292 g/mol. The van der Waals surface area contributed by atoms with Gasteiger partial charge in [0.25, 0.3) is 5.91 Å². The molecule has 1 aliphatic rings. The maximum absolute atomic E-state index is 12.9. The standard InChI is InChI=1S/C17H24N4O2/c1-12-5-6-14-13(9-12)15(18-20(14)4)16(22)21-8-7-17(23,11-21)10-19(2)3/h5-6,9,23H,7-8,10-11H2,1-4H3/t17-/m1/s1. The fourth-order valence-corrected chi connectivity index (χ4v) is 3.43. The Morgan fingerprint density at radius 1 is 1.43 bits per heavy atom. The summed E-state index contributed by atoms with van der Waals surface area (Å²) in [5.41, 5.74) is 1.69. The molecule has 0 bridgehead atoms. The number of likely N-dealkylation sites (tertiary alicyclic amines) is 1. The molecule has 3 rings (SSSR count). The molecule has 6 heteroatoms. The molecule has 23 heavy (non-hydrogen) atoms. The lowest BCUT2D eigenvalue weighted by molar-refractivity contribution is 0.0235. The molecule has 1 amide bonds. The summed E-state index contributed by atoms with van der Waals surface area (Å²) in [5.74, 6) is -0.101. The summed E-state index contributed by atoms with van der Waals surface area (Å²) in [5, 5.41) is 15.9. The zero-order chi connectivity index (χ0) is 16.8. The van der Waals surface area contributed by atoms with E-state index in [0.29, 0.717) is 31.7 Å². The van der Waals surface area contributed by atoms with Crippen LogP contribution in [-0.4, -0.2) is 69.9 Å². The summed E-state index contributed by atoms with van der Waals surface area (Å²) in [6, 6.07) is 6.00. The lowest BCUT2D eigenvalue weighted by atomic mass is 10.0. The molecule has 1 saturated heterocycles. The number of amides is 1. The van der Waals surface area contributed by atoms with Crippen LogP contribution in [0.2, 0.25) is 0 Å². The second-order valence-electron chi connectivity index (χ2n) is 6.93. The third-order valence-electron chi connectivity index (χ3n) is 4.44. The summed E-state index contributed by atoms with van der Waals surface area (Å²) >= 11 is 0. The molecule has 0 unspecified atom stereocenters. The Morgan fingerprint density at radius 3 is 2.87 bits per heavy atom. The summed E-state index contributed by atoms with van der Waals surface area (Å²) in [7, 11) is 5.70. The predicted molar refractivity (Wildman–Crippen MR) is 89.5 cm³/mol. The van der Waals surface area contributed by atoms with Gasteiger partial charge in [-0.15, -0.1) is 0 Å². The number of benzene rings is 1. The molecule has 6 nitrogen and oxygen atoms in total. The van der Waals surface area contributed by atoms with E-state index in [1.165, 1.54) is 0 Å². The van der Waals surface area contributed by atoms with Crippen LogP contribution in [0.15, 0.2) is 18.2 Å². The van der Waals surface area contributed by atoms with E-state index in [4.69, 9.17) is 0 Å². The van der Waals surface area contributed by atoms with Gasteiger partial charge < -0.3 is 14.9 Å². The van der Waals surface area contributed by atoms with Crippen LogP contribution in [0.5, 0.6) is 0 Å². The van der Waals surface area contributed by atoms with Crippen molar-refractivity contribution in [3.05, 3.63) is 29.5 Å². The third kappa shape index (κ3) is 2.96. The molecule has 0 radical (unpaired) electrons. The van der Waals surface area contributed by atoms with E-state index < -0.39 is 5.60 Å². The van der Waals surface area contributed by atoms with Crippen molar-refractivity contribution in [1.82, 2.24) is 19.6 Å². The topological polar surface area (TPSA) is 61.6 Å². The number of nitrogens with zero attached hydrogens (tertiary/aromatic N) is 4. The number of aromatic nitrogens is 2. The van der Waals surface area contributed by atoms with E-state index in [-0.39, 0.29) is 5.91 Å². The largest absolute Gasteiger partial charge is 0.387 e. The van der Waals surface area contributed by atoms with Crippen LogP contribution < -0.4 is 0 Å². The van der Waals surface area contributed by atoms with E-state index in [1.54, 1.807) is 9.58 Å². The number of likely N-dealkylation sites (N-methyl/N-ethyl adjacent to an activating group) is 1. The monoisotopic (exact) mass is 316 g/mol. The van der Waals surface area contributed by atoms with Crippen molar-refractivity contribution >= 4 is 16.8 Å². The van der Waals surface area contributed by atoms with Crippen LogP contribution in [-0.2, 0) is 7.05 Å². The molecule has 0 aliphatic carbocycles. The number of hydrogen-bond acceptors (Lipinski definition) is 4. The van der Waals surface area contributed by atoms with Gasteiger partial charge in [-0.2, -0.15) is 5.10 Å². The first-order valence-corrected chi connectivity index (χ1v) is 7.89. The third-order valence-corrected chi connectivity index (χ3v) is 4.44. The van der Waals surface area contributed by atoms with Crippen LogP contribution in [0.3, 0.4) is 0 Å². The number of β-amino-alcohol motifs (C(OH)–C–C–N with tert-alkyl or cyclic N) is 1. The molecule has 1 atom stereocenters. The molecule has 1 N–H and O–H groups in total. The zero-order valence-electron chi connectivity index (χ0n) is 14.2. The maximum atomic E-state index is 12.9. The van der Waals surface area contributed by atoms with Gasteiger partial charge >= 0.3 is 0 Å². The average molecular weight is 316 g/mol. The predicted octanol–water partition coefficient (Wildman–Crippen LogP) is 1.02. The molecule has 1 fully saturated rings. The molecule has 2 aromatic rings. The highest BCUT2D eigenvalue weighted by Crippen LogP contribution is 2.26. The summed E-state index contributed by atoms with van der Waals surface area (Å²) in [4.78, 5) is 16.6. The Kier molecular flexibility index (Phi) is 3.90. The number of aryl methyl sites for hydroxylation is 2. The molecule has 1 aromatic carbocycles. The van der Waals surface area contributed by atoms with Gasteiger partial charge in [0.15, 0.2) is 5.69 Å². The highest BCUT2D eigenvalue weighted by Gasteiger charge is 2.39. The van der Waals surface area contributed by atoms with Crippen molar-refractivity contribution in [3.8, 4) is 0 Å². The van der Waals surface area contributed by atoms with Crippen LogP contribution in [0.25, 0.3) is 10.9 Å². The Hall–Kier alpha value is -1.92. The fourth-order valence-electron chi connectivity index (χ4n) is 3.43.